The van der Waals surface area contributed by atoms with Crippen LogP contribution in [0.25, 0.3) is 11.0 Å². The van der Waals surface area contributed by atoms with Gasteiger partial charge in [-0.15, -0.1) is 0 Å². The van der Waals surface area contributed by atoms with Gasteiger partial charge in [-0.2, -0.15) is 15.4 Å². The van der Waals surface area contributed by atoms with Crippen LogP contribution in [0.3, 0.4) is 0 Å². The zero-order valence-corrected chi connectivity index (χ0v) is 10.4. The smallest absolute Gasteiger partial charge is 0.303 e. The Labute approximate surface area is 109 Å². The number of hydrogen-bond acceptors (Lipinski definition) is 4. The Morgan fingerprint density at radius 1 is 1.37 bits per heavy atom. The predicted molar refractivity (Wildman–Crippen MR) is 67.6 cm³/mol. The van der Waals surface area contributed by atoms with Gasteiger partial charge in [0.15, 0.2) is 0 Å². The van der Waals surface area contributed by atoms with Gasteiger partial charge in [0.1, 0.15) is 11.0 Å². The van der Waals surface area contributed by atoms with Crippen LogP contribution >= 0.6 is 0 Å². The summed E-state index contributed by atoms with van der Waals surface area (Å²) in [5.74, 6) is -1.23. The second-order valence-corrected chi connectivity index (χ2v) is 4.44. The van der Waals surface area contributed by atoms with Crippen LogP contribution in [0, 0.1) is 5.92 Å². The first kappa shape index (κ1) is 13.0. The highest BCUT2D eigenvalue weighted by atomic mass is 16.4. The van der Waals surface area contributed by atoms with Gasteiger partial charge >= 0.3 is 5.97 Å². The molecule has 0 spiro atoms. The maximum absolute atomic E-state index is 11.9. The van der Waals surface area contributed by atoms with Gasteiger partial charge in [0.05, 0.1) is 0 Å². The van der Waals surface area contributed by atoms with E-state index in [2.05, 4.69) is 20.7 Å². The Morgan fingerprint density at radius 3 is 2.84 bits per heavy atom. The lowest BCUT2D eigenvalue weighted by Crippen LogP contribution is -2.29. The number of aromatic amines is 1. The molecular formula is C12H14N4O3. The molecule has 0 aliphatic rings. The largest absolute Gasteiger partial charge is 0.481 e. The minimum Gasteiger partial charge on any atom is -0.481 e. The predicted octanol–water partition coefficient (Wildman–Crippen LogP) is 0.798. The van der Waals surface area contributed by atoms with Crippen molar-refractivity contribution in [2.45, 2.75) is 13.3 Å². The van der Waals surface area contributed by atoms with Crippen molar-refractivity contribution in [2.75, 3.05) is 6.54 Å². The molecular weight excluding hydrogens is 248 g/mol. The molecule has 0 aliphatic carbocycles. The molecule has 1 aromatic carbocycles. The summed E-state index contributed by atoms with van der Waals surface area (Å²) in [6, 6.07) is 4.99. The van der Waals surface area contributed by atoms with E-state index < -0.39 is 5.97 Å². The molecule has 1 atom stereocenters. The van der Waals surface area contributed by atoms with E-state index in [1.807, 2.05) is 0 Å². The summed E-state index contributed by atoms with van der Waals surface area (Å²) >= 11 is 0. The van der Waals surface area contributed by atoms with Gasteiger partial charge < -0.3 is 10.4 Å². The fourth-order valence-electron chi connectivity index (χ4n) is 1.72. The molecule has 0 saturated heterocycles. The number of amides is 1. The van der Waals surface area contributed by atoms with E-state index in [-0.39, 0.29) is 18.2 Å². The highest BCUT2D eigenvalue weighted by Crippen LogP contribution is 2.10. The summed E-state index contributed by atoms with van der Waals surface area (Å²) in [7, 11) is 0. The first-order valence-corrected chi connectivity index (χ1v) is 5.87. The quantitative estimate of drug-likeness (QED) is 0.738. The molecule has 2 rings (SSSR count). The van der Waals surface area contributed by atoms with E-state index in [1.54, 1.807) is 25.1 Å². The molecule has 1 amide bonds. The number of aliphatic carboxylic acids is 1. The number of benzene rings is 1. The Bertz CT molecular complexity index is 608. The molecule has 0 radical (unpaired) electrons. The van der Waals surface area contributed by atoms with Crippen molar-refractivity contribution in [2.24, 2.45) is 5.92 Å². The van der Waals surface area contributed by atoms with E-state index >= 15 is 0 Å². The van der Waals surface area contributed by atoms with Crippen molar-refractivity contribution in [1.82, 2.24) is 20.7 Å². The Kier molecular flexibility index (Phi) is 3.74. The number of aromatic nitrogens is 3. The third kappa shape index (κ3) is 3.27. The number of fused-ring (bicyclic) bond motifs is 1. The van der Waals surface area contributed by atoms with Crippen LogP contribution in [0.1, 0.15) is 23.7 Å². The second-order valence-electron chi connectivity index (χ2n) is 4.44. The van der Waals surface area contributed by atoms with Crippen LogP contribution in [-0.2, 0) is 4.79 Å². The van der Waals surface area contributed by atoms with E-state index in [0.717, 1.165) is 0 Å². The maximum atomic E-state index is 11.9. The molecule has 100 valence electrons. The molecule has 3 N–H and O–H groups in total. The molecule has 1 aromatic heterocycles. The Morgan fingerprint density at radius 2 is 2.11 bits per heavy atom. The van der Waals surface area contributed by atoms with E-state index in [9.17, 15) is 9.59 Å². The highest BCUT2D eigenvalue weighted by molar-refractivity contribution is 5.97. The fourth-order valence-corrected chi connectivity index (χ4v) is 1.72. The second kappa shape index (κ2) is 5.47. The minimum atomic E-state index is -0.870. The molecule has 7 nitrogen and oxygen atoms in total. The molecule has 0 aliphatic heterocycles. The van der Waals surface area contributed by atoms with Crippen LogP contribution < -0.4 is 5.32 Å². The number of carboxylic acids is 1. The minimum absolute atomic E-state index is 0.0304. The van der Waals surface area contributed by atoms with E-state index in [4.69, 9.17) is 5.11 Å². The third-order valence-electron chi connectivity index (χ3n) is 2.71. The first-order valence-electron chi connectivity index (χ1n) is 5.87. The highest BCUT2D eigenvalue weighted by Gasteiger charge is 2.11. The van der Waals surface area contributed by atoms with Gasteiger partial charge in [0.25, 0.3) is 5.91 Å². The molecule has 7 heteroatoms. The Hall–Kier alpha value is -2.44. The molecule has 0 saturated carbocycles. The topological polar surface area (TPSA) is 108 Å². The molecule has 0 bridgehead atoms. The lowest BCUT2D eigenvalue weighted by atomic mass is 10.1. The van der Waals surface area contributed by atoms with E-state index in [0.29, 0.717) is 23.1 Å². The van der Waals surface area contributed by atoms with Crippen molar-refractivity contribution < 1.29 is 14.7 Å². The van der Waals surface area contributed by atoms with Gasteiger partial charge in [0, 0.05) is 18.5 Å². The van der Waals surface area contributed by atoms with Crippen LogP contribution in [0.5, 0.6) is 0 Å². The van der Waals surface area contributed by atoms with Crippen molar-refractivity contribution in [3.63, 3.8) is 0 Å². The lowest BCUT2D eigenvalue weighted by Gasteiger charge is -2.10. The number of nitrogens with zero attached hydrogens (tertiary/aromatic N) is 2. The maximum Gasteiger partial charge on any atom is 0.303 e. The summed E-state index contributed by atoms with van der Waals surface area (Å²) < 4.78 is 0. The normalized spacial score (nSPS) is 12.3. The lowest BCUT2D eigenvalue weighted by molar-refractivity contribution is -0.137. The SMILES string of the molecule is CC(CNC(=O)c1ccc2n[nH]nc2c1)CC(=O)O. The van der Waals surface area contributed by atoms with Gasteiger partial charge in [-0.1, -0.05) is 6.92 Å². The number of carbonyl (C=O) groups excluding carboxylic acids is 1. The number of nitrogens with one attached hydrogen (secondary N) is 2. The Balaban J connectivity index is 1.97. The standard InChI is InChI=1S/C12H14N4O3/c1-7(4-11(17)18)6-13-12(19)8-2-3-9-10(5-8)15-16-14-9/h2-3,5,7H,4,6H2,1H3,(H,13,19)(H,17,18)(H,14,15,16). The van der Waals surface area contributed by atoms with Crippen molar-refractivity contribution in [3.8, 4) is 0 Å². The summed E-state index contributed by atoms with van der Waals surface area (Å²) in [4.78, 5) is 22.4. The summed E-state index contributed by atoms with van der Waals surface area (Å²) in [5, 5.41) is 21.6. The number of hydrogen-bond donors (Lipinski definition) is 3. The van der Waals surface area contributed by atoms with Crippen molar-refractivity contribution in [3.05, 3.63) is 23.8 Å². The van der Waals surface area contributed by atoms with Crippen LogP contribution in [-0.4, -0.2) is 38.9 Å². The van der Waals surface area contributed by atoms with Gasteiger partial charge in [-0.25, -0.2) is 0 Å². The first-order chi connectivity index (χ1) is 9.06. The fraction of sp³-hybridized carbons (Fsp3) is 0.333. The monoisotopic (exact) mass is 262 g/mol. The van der Waals surface area contributed by atoms with Gasteiger partial charge in [0.2, 0.25) is 0 Å². The van der Waals surface area contributed by atoms with Crippen LogP contribution in [0.15, 0.2) is 18.2 Å². The number of carboxylic acid groups (broad SMARTS) is 1. The molecule has 2 aromatic rings. The average molecular weight is 262 g/mol. The van der Waals surface area contributed by atoms with Crippen molar-refractivity contribution >= 4 is 22.9 Å². The molecule has 19 heavy (non-hydrogen) atoms. The molecule has 1 heterocycles. The summed E-state index contributed by atoms with van der Waals surface area (Å²) in [5.41, 5.74) is 1.78. The number of rotatable bonds is 5. The number of H-pyrrole nitrogens is 1. The van der Waals surface area contributed by atoms with Gasteiger partial charge in [-0.05, 0) is 24.1 Å². The van der Waals surface area contributed by atoms with Crippen LogP contribution in [0.4, 0.5) is 0 Å². The molecule has 1 unspecified atom stereocenters. The number of carbonyl (C=O) groups is 2. The zero-order chi connectivity index (χ0) is 13.8. The average Bonchev–Trinajstić information content (AvgIpc) is 2.82. The van der Waals surface area contributed by atoms with Crippen molar-refractivity contribution in [1.29, 1.82) is 0 Å². The van der Waals surface area contributed by atoms with E-state index in [1.165, 1.54) is 0 Å². The third-order valence-corrected chi connectivity index (χ3v) is 2.71. The summed E-state index contributed by atoms with van der Waals surface area (Å²) in [6.07, 6.45) is 0.0304. The summed E-state index contributed by atoms with van der Waals surface area (Å²) in [6.45, 7) is 2.09. The van der Waals surface area contributed by atoms with Crippen LogP contribution in [0.2, 0.25) is 0 Å². The molecule has 0 fully saturated rings. The van der Waals surface area contributed by atoms with Gasteiger partial charge in [-0.3, -0.25) is 9.59 Å². The zero-order valence-electron chi connectivity index (χ0n) is 10.4.